The third-order valence-electron chi connectivity index (χ3n) is 1.79. The first-order valence-electron chi connectivity index (χ1n) is 3.93. The smallest absolute Gasteiger partial charge is 0.293 e. The van der Waals surface area contributed by atoms with E-state index in [4.69, 9.17) is 11.6 Å². The summed E-state index contributed by atoms with van der Waals surface area (Å²) < 4.78 is 50.9. The molecule has 0 radical (unpaired) electrons. The monoisotopic (exact) mass is 318 g/mol. The summed E-state index contributed by atoms with van der Waals surface area (Å²) >= 11 is 8.02. The van der Waals surface area contributed by atoms with Crippen molar-refractivity contribution in [1.29, 1.82) is 0 Å². The quantitative estimate of drug-likeness (QED) is 0.456. The molecular weight excluding hydrogens is 315 g/mol. The highest BCUT2D eigenvalue weighted by molar-refractivity contribution is 9.09. The highest BCUT2D eigenvalue weighted by atomic mass is 79.9. The number of hydrogen-bond donors (Lipinski definition) is 0. The topological polar surface area (TPSA) is 17.1 Å². The summed E-state index contributed by atoms with van der Waals surface area (Å²) in [5.74, 6) is -2.24. The average Bonchev–Trinajstić information content (AvgIpc) is 2.18. The van der Waals surface area contributed by atoms with Crippen molar-refractivity contribution in [2.24, 2.45) is 0 Å². The van der Waals surface area contributed by atoms with Crippen LogP contribution >= 0.6 is 27.5 Å². The predicted molar refractivity (Wildman–Crippen MR) is 54.5 cm³/mol. The van der Waals surface area contributed by atoms with Crippen LogP contribution in [-0.2, 0) is 6.18 Å². The number of carbonyl (C=O) groups excluding carboxylic acids is 1. The van der Waals surface area contributed by atoms with E-state index in [9.17, 15) is 22.4 Å². The van der Waals surface area contributed by atoms with E-state index in [1.54, 1.807) is 0 Å². The molecule has 0 atom stereocenters. The van der Waals surface area contributed by atoms with Crippen molar-refractivity contribution in [3.63, 3.8) is 0 Å². The van der Waals surface area contributed by atoms with Crippen LogP contribution in [0.25, 0.3) is 0 Å². The number of hydrogen-bond acceptors (Lipinski definition) is 1. The Morgan fingerprint density at radius 1 is 1.38 bits per heavy atom. The lowest BCUT2D eigenvalue weighted by Gasteiger charge is -2.13. The fraction of sp³-hybridized carbons (Fsp3) is 0.222. The largest absolute Gasteiger partial charge is 0.418 e. The average molecular weight is 319 g/mol. The first-order chi connectivity index (χ1) is 7.29. The van der Waals surface area contributed by atoms with Crippen molar-refractivity contribution in [3.05, 3.63) is 34.1 Å². The van der Waals surface area contributed by atoms with Crippen molar-refractivity contribution in [1.82, 2.24) is 0 Å². The van der Waals surface area contributed by atoms with Crippen LogP contribution in [0.5, 0.6) is 0 Å². The lowest BCUT2D eigenvalue weighted by atomic mass is 10.0. The Morgan fingerprint density at radius 2 is 1.94 bits per heavy atom. The number of Topliss-reactive ketones (excluding diaryl/α,β-unsaturated/α-hetero) is 1. The Morgan fingerprint density at radius 3 is 2.38 bits per heavy atom. The van der Waals surface area contributed by atoms with Gasteiger partial charge in [0.25, 0.3) is 0 Å². The predicted octanol–water partition coefficient (Wildman–Crippen LogP) is 4.08. The molecule has 0 aromatic heterocycles. The van der Waals surface area contributed by atoms with Crippen LogP contribution in [0.15, 0.2) is 12.1 Å². The van der Waals surface area contributed by atoms with Crippen molar-refractivity contribution in [2.45, 2.75) is 6.18 Å². The Kier molecular flexibility index (Phi) is 3.96. The summed E-state index contributed by atoms with van der Waals surface area (Å²) in [5.41, 5.74) is -2.46. The van der Waals surface area contributed by atoms with E-state index in [1.807, 2.05) is 0 Å². The minimum Gasteiger partial charge on any atom is -0.293 e. The molecular formula is C9H4BrClF4O. The zero-order chi connectivity index (χ0) is 12.5. The SMILES string of the molecule is O=C(CBr)c1c(F)ccc(Cl)c1C(F)(F)F. The van der Waals surface area contributed by atoms with E-state index in [0.29, 0.717) is 0 Å². The number of benzene rings is 1. The second-order valence-electron chi connectivity index (χ2n) is 2.83. The van der Waals surface area contributed by atoms with E-state index >= 15 is 0 Å². The van der Waals surface area contributed by atoms with Crippen molar-refractivity contribution in [2.75, 3.05) is 5.33 Å². The number of halogens is 6. The van der Waals surface area contributed by atoms with Gasteiger partial charge in [0.15, 0.2) is 5.78 Å². The molecule has 0 unspecified atom stereocenters. The van der Waals surface area contributed by atoms with Crippen molar-refractivity contribution in [3.8, 4) is 0 Å². The Bertz CT molecular complexity index is 430. The summed E-state index contributed by atoms with van der Waals surface area (Å²) in [6, 6.07) is 1.50. The summed E-state index contributed by atoms with van der Waals surface area (Å²) in [6.07, 6.45) is -4.87. The molecule has 0 amide bonds. The summed E-state index contributed by atoms with van der Waals surface area (Å²) in [6.45, 7) is 0. The lowest BCUT2D eigenvalue weighted by molar-refractivity contribution is -0.138. The van der Waals surface area contributed by atoms with Crippen LogP contribution in [0, 0.1) is 5.82 Å². The fourth-order valence-corrected chi connectivity index (χ4v) is 1.71. The Balaban J connectivity index is 3.56. The first-order valence-corrected chi connectivity index (χ1v) is 5.43. The molecule has 1 aromatic carbocycles. The van der Waals surface area contributed by atoms with E-state index in [-0.39, 0.29) is 0 Å². The molecule has 16 heavy (non-hydrogen) atoms. The lowest BCUT2D eigenvalue weighted by Crippen LogP contribution is -2.16. The zero-order valence-electron chi connectivity index (χ0n) is 7.54. The maximum absolute atomic E-state index is 13.2. The van der Waals surface area contributed by atoms with Crippen LogP contribution in [-0.4, -0.2) is 11.1 Å². The normalized spacial score (nSPS) is 11.6. The molecule has 1 nitrogen and oxygen atoms in total. The van der Waals surface area contributed by atoms with Gasteiger partial charge in [-0.05, 0) is 12.1 Å². The van der Waals surface area contributed by atoms with E-state index in [2.05, 4.69) is 15.9 Å². The first kappa shape index (κ1) is 13.4. The molecule has 0 heterocycles. The molecule has 1 rings (SSSR count). The molecule has 0 saturated heterocycles. The molecule has 88 valence electrons. The van der Waals surface area contributed by atoms with Gasteiger partial charge in [0.2, 0.25) is 0 Å². The molecule has 0 fully saturated rings. The van der Waals surface area contributed by atoms with Crippen LogP contribution in [0.4, 0.5) is 17.6 Å². The van der Waals surface area contributed by atoms with Gasteiger partial charge in [0, 0.05) is 0 Å². The Hall–Kier alpha value is -0.620. The van der Waals surface area contributed by atoms with Gasteiger partial charge in [-0.1, -0.05) is 27.5 Å². The van der Waals surface area contributed by atoms with Gasteiger partial charge in [-0.25, -0.2) is 4.39 Å². The van der Waals surface area contributed by atoms with Crippen LogP contribution in [0.3, 0.4) is 0 Å². The number of rotatable bonds is 2. The molecule has 7 heteroatoms. The van der Waals surface area contributed by atoms with Gasteiger partial charge < -0.3 is 0 Å². The third-order valence-corrected chi connectivity index (χ3v) is 2.61. The Labute approximate surface area is 102 Å². The minimum atomic E-state index is -4.87. The minimum absolute atomic E-state index is 0.409. The van der Waals surface area contributed by atoms with Gasteiger partial charge in [-0.3, -0.25) is 4.79 Å². The molecule has 0 aliphatic carbocycles. The molecule has 0 spiro atoms. The highest BCUT2D eigenvalue weighted by Gasteiger charge is 2.39. The molecule has 0 aliphatic heterocycles. The maximum atomic E-state index is 13.2. The van der Waals surface area contributed by atoms with Gasteiger partial charge in [0.1, 0.15) is 5.82 Å². The fourth-order valence-electron chi connectivity index (χ4n) is 1.17. The van der Waals surface area contributed by atoms with E-state index in [0.717, 1.165) is 12.1 Å². The van der Waals surface area contributed by atoms with Crippen LogP contribution in [0.2, 0.25) is 5.02 Å². The molecule has 1 aromatic rings. The summed E-state index contributed by atoms with van der Waals surface area (Å²) in [5, 5.41) is -1.11. The summed E-state index contributed by atoms with van der Waals surface area (Å²) in [7, 11) is 0. The zero-order valence-corrected chi connectivity index (χ0v) is 9.88. The van der Waals surface area contributed by atoms with Crippen molar-refractivity contribution >= 4 is 33.3 Å². The number of alkyl halides is 4. The van der Waals surface area contributed by atoms with Crippen molar-refractivity contribution < 1.29 is 22.4 Å². The van der Waals surface area contributed by atoms with Gasteiger partial charge in [-0.2, -0.15) is 13.2 Å². The molecule has 0 saturated carbocycles. The molecule has 0 N–H and O–H groups in total. The molecule has 0 aliphatic rings. The van der Waals surface area contributed by atoms with Gasteiger partial charge in [0.05, 0.1) is 21.5 Å². The van der Waals surface area contributed by atoms with Gasteiger partial charge in [-0.15, -0.1) is 0 Å². The standard InChI is InChI=1S/C9H4BrClF4O/c10-3-6(16)7-5(12)2-1-4(11)8(7)9(13,14)15/h1-2H,3H2. The maximum Gasteiger partial charge on any atom is 0.418 e. The van der Waals surface area contributed by atoms with Crippen LogP contribution < -0.4 is 0 Å². The highest BCUT2D eigenvalue weighted by Crippen LogP contribution is 2.38. The van der Waals surface area contributed by atoms with Gasteiger partial charge >= 0.3 is 6.18 Å². The summed E-state index contributed by atoms with van der Waals surface area (Å²) in [4.78, 5) is 11.2. The number of ketones is 1. The second-order valence-corrected chi connectivity index (χ2v) is 3.80. The number of carbonyl (C=O) groups is 1. The van der Waals surface area contributed by atoms with E-state index in [1.165, 1.54) is 0 Å². The second kappa shape index (κ2) is 4.71. The van der Waals surface area contributed by atoms with E-state index < -0.39 is 39.3 Å². The third kappa shape index (κ3) is 2.55. The van der Waals surface area contributed by atoms with Crippen LogP contribution in [0.1, 0.15) is 15.9 Å². The molecule has 0 bridgehead atoms.